The van der Waals surface area contributed by atoms with Crippen molar-refractivity contribution >= 4 is 11.9 Å². The molecule has 2 atom stereocenters. The van der Waals surface area contributed by atoms with Gasteiger partial charge in [0.1, 0.15) is 0 Å². The highest BCUT2D eigenvalue weighted by Gasteiger charge is 2.20. The summed E-state index contributed by atoms with van der Waals surface area (Å²) in [6, 6.07) is -0.537. The van der Waals surface area contributed by atoms with E-state index >= 15 is 0 Å². The molecule has 2 unspecified atom stereocenters. The van der Waals surface area contributed by atoms with Crippen LogP contribution in [0.4, 0.5) is 0 Å². The van der Waals surface area contributed by atoms with Crippen LogP contribution in [-0.2, 0) is 14.3 Å². The number of carbonyl (C=O) groups is 2. The molecule has 0 bridgehead atoms. The Morgan fingerprint density at radius 2 is 0.466 bits per heavy atom. The van der Waals surface area contributed by atoms with Crippen LogP contribution >= 0.6 is 0 Å². The van der Waals surface area contributed by atoms with Gasteiger partial charge in [-0.1, -0.05) is 450 Å². The molecule has 0 aromatic heterocycles. The Morgan fingerprint density at radius 1 is 0.273 bits per heavy atom. The van der Waals surface area contributed by atoms with Gasteiger partial charge in [-0.25, -0.2) is 0 Å². The Bertz CT molecular complexity index is 1290. The van der Waals surface area contributed by atoms with Gasteiger partial charge >= 0.3 is 5.97 Å². The predicted molar refractivity (Wildman–Crippen MR) is 389 cm³/mol. The lowest BCUT2D eigenvalue weighted by atomic mass is 10.0. The third-order valence-corrected chi connectivity index (χ3v) is 19.9. The topological polar surface area (TPSA) is 95.9 Å². The summed E-state index contributed by atoms with van der Waals surface area (Å²) in [5.74, 6) is 0.00382. The maximum absolute atomic E-state index is 12.6. The zero-order chi connectivity index (χ0) is 63.5. The van der Waals surface area contributed by atoms with E-state index in [4.69, 9.17) is 4.74 Å². The van der Waals surface area contributed by atoms with Crippen LogP contribution < -0.4 is 5.32 Å². The van der Waals surface area contributed by atoms with Gasteiger partial charge in [0.15, 0.2) is 0 Å². The van der Waals surface area contributed by atoms with Gasteiger partial charge in [0, 0.05) is 12.8 Å². The minimum Gasteiger partial charge on any atom is -0.466 e. The van der Waals surface area contributed by atoms with Crippen molar-refractivity contribution in [2.24, 2.45) is 0 Å². The SMILES string of the molecule is CCCCCCCCCCCCCCCCCCCCCC(=O)OCCCCCCCCCCCCCCCCCCCCCCCCCCCCCCCCCCCC(=O)NC(CO)C(O)CCCCCCCCCCCCCCCCCCCCC. The van der Waals surface area contributed by atoms with Gasteiger partial charge in [0.05, 0.1) is 25.4 Å². The molecule has 0 aliphatic carbocycles. The molecular formula is C82H163NO5. The van der Waals surface area contributed by atoms with Crippen LogP contribution in [0.5, 0.6) is 0 Å². The second-order valence-electron chi connectivity index (χ2n) is 28.8. The molecule has 6 nitrogen and oxygen atoms in total. The second kappa shape index (κ2) is 78.3. The Labute approximate surface area is 553 Å². The van der Waals surface area contributed by atoms with Crippen LogP contribution in [0.2, 0.25) is 0 Å². The summed E-state index contributed by atoms with van der Waals surface area (Å²) in [5.41, 5.74) is 0. The third kappa shape index (κ3) is 73.9. The summed E-state index contributed by atoms with van der Waals surface area (Å²) >= 11 is 0. The van der Waals surface area contributed by atoms with Crippen molar-refractivity contribution < 1.29 is 24.5 Å². The average molecular weight is 1240 g/mol. The number of unbranched alkanes of at least 4 members (excludes halogenated alkanes) is 68. The van der Waals surface area contributed by atoms with E-state index in [1.807, 2.05) is 0 Å². The molecule has 0 fully saturated rings. The van der Waals surface area contributed by atoms with E-state index in [9.17, 15) is 19.8 Å². The van der Waals surface area contributed by atoms with Gasteiger partial charge in [-0.3, -0.25) is 9.59 Å². The molecular weight excluding hydrogens is 1080 g/mol. The average Bonchev–Trinajstić information content (AvgIpc) is 3.58. The first-order valence-corrected chi connectivity index (χ1v) is 41.3. The summed E-state index contributed by atoms with van der Waals surface area (Å²) in [4.78, 5) is 24.7. The van der Waals surface area contributed by atoms with Gasteiger partial charge in [0.25, 0.3) is 0 Å². The first-order valence-electron chi connectivity index (χ1n) is 41.3. The number of amides is 1. The van der Waals surface area contributed by atoms with Crippen molar-refractivity contribution in [2.75, 3.05) is 13.2 Å². The molecule has 0 heterocycles. The van der Waals surface area contributed by atoms with Crippen molar-refractivity contribution in [3.05, 3.63) is 0 Å². The fourth-order valence-corrected chi connectivity index (χ4v) is 13.6. The summed E-state index contributed by atoms with van der Waals surface area (Å²) in [6.45, 7) is 5.03. The normalized spacial score (nSPS) is 12.4. The van der Waals surface area contributed by atoms with E-state index in [0.29, 0.717) is 25.9 Å². The standard InChI is InChI=1S/C82H163NO5/c1-3-5-7-9-11-13-15-17-19-21-38-42-46-50-54-58-62-66-70-74-80(85)79(78-84)83-81(86)75-71-67-63-59-55-51-47-43-40-36-34-32-30-28-26-24-23-25-27-29-31-33-35-37-41-45-49-53-57-61-65-69-73-77-88-82(87)76-72-68-64-60-56-52-48-44-39-22-20-18-16-14-12-10-8-6-4-2/h79-80,84-85H,3-78H2,1-2H3,(H,83,86). The maximum Gasteiger partial charge on any atom is 0.305 e. The highest BCUT2D eigenvalue weighted by Crippen LogP contribution is 2.21. The van der Waals surface area contributed by atoms with Crippen molar-refractivity contribution in [2.45, 2.75) is 501 Å². The van der Waals surface area contributed by atoms with Crippen molar-refractivity contribution in [3.63, 3.8) is 0 Å². The molecule has 0 saturated carbocycles. The van der Waals surface area contributed by atoms with Crippen LogP contribution in [-0.4, -0.2) is 47.4 Å². The van der Waals surface area contributed by atoms with Crippen LogP contribution in [0, 0.1) is 0 Å². The number of nitrogens with one attached hydrogen (secondary N) is 1. The van der Waals surface area contributed by atoms with Crippen molar-refractivity contribution in [1.29, 1.82) is 0 Å². The summed E-state index contributed by atoms with van der Waals surface area (Å²) in [5, 5.41) is 23.4. The number of hydrogen-bond acceptors (Lipinski definition) is 5. The largest absolute Gasteiger partial charge is 0.466 e. The van der Waals surface area contributed by atoms with E-state index < -0.39 is 12.1 Å². The Kier molecular flexibility index (Phi) is 77.3. The third-order valence-electron chi connectivity index (χ3n) is 19.9. The molecule has 6 heteroatoms. The van der Waals surface area contributed by atoms with Gasteiger partial charge in [-0.2, -0.15) is 0 Å². The molecule has 0 spiro atoms. The smallest absolute Gasteiger partial charge is 0.305 e. The lowest BCUT2D eigenvalue weighted by molar-refractivity contribution is -0.143. The van der Waals surface area contributed by atoms with Gasteiger partial charge in [-0.05, 0) is 25.7 Å². The van der Waals surface area contributed by atoms with Crippen LogP contribution in [0.25, 0.3) is 0 Å². The number of carbonyl (C=O) groups excluding carboxylic acids is 2. The van der Waals surface area contributed by atoms with E-state index in [0.717, 1.165) is 38.5 Å². The molecule has 0 rings (SSSR count). The number of rotatable bonds is 79. The first kappa shape index (κ1) is 86.9. The van der Waals surface area contributed by atoms with E-state index in [1.54, 1.807) is 0 Å². The van der Waals surface area contributed by atoms with Crippen LogP contribution in [0.3, 0.4) is 0 Å². The molecule has 3 N–H and O–H groups in total. The van der Waals surface area contributed by atoms with Crippen LogP contribution in [0.15, 0.2) is 0 Å². The number of hydrogen-bond donors (Lipinski definition) is 3. The quantitative estimate of drug-likeness (QED) is 0.0417. The fraction of sp³-hybridized carbons (Fsp3) is 0.976. The minimum absolute atomic E-state index is 0.0244. The molecule has 0 aliphatic rings. The Morgan fingerprint density at radius 3 is 0.693 bits per heavy atom. The molecule has 526 valence electrons. The van der Waals surface area contributed by atoms with Gasteiger partial charge in [0.2, 0.25) is 5.91 Å². The highest BCUT2D eigenvalue weighted by atomic mass is 16.5. The zero-order valence-electron chi connectivity index (χ0n) is 60.5. The minimum atomic E-state index is -0.661. The fourth-order valence-electron chi connectivity index (χ4n) is 13.6. The lowest BCUT2D eigenvalue weighted by Gasteiger charge is -2.22. The Hall–Kier alpha value is -1.14. The van der Waals surface area contributed by atoms with Crippen LogP contribution in [0.1, 0.15) is 489 Å². The zero-order valence-corrected chi connectivity index (χ0v) is 60.5. The Balaban J connectivity index is 3.29. The molecule has 0 aromatic rings. The molecule has 1 amide bonds. The second-order valence-corrected chi connectivity index (χ2v) is 28.8. The first-order chi connectivity index (χ1) is 43.5. The summed E-state index contributed by atoms with van der Waals surface area (Å²) in [6.07, 6.45) is 97.8. The molecule has 0 aliphatic heterocycles. The van der Waals surface area contributed by atoms with Gasteiger partial charge < -0.3 is 20.3 Å². The van der Waals surface area contributed by atoms with E-state index in [1.165, 1.54) is 417 Å². The highest BCUT2D eigenvalue weighted by molar-refractivity contribution is 5.76. The predicted octanol–water partition coefficient (Wildman–Crippen LogP) is 27.3. The number of ether oxygens (including phenoxy) is 1. The maximum atomic E-state index is 12.6. The number of aliphatic hydroxyl groups is 2. The lowest BCUT2D eigenvalue weighted by Crippen LogP contribution is -2.45. The molecule has 0 aromatic carbocycles. The van der Waals surface area contributed by atoms with Gasteiger partial charge in [-0.15, -0.1) is 0 Å². The van der Waals surface area contributed by atoms with Crippen molar-refractivity contribution in [3.8, 4) is 0 Å². The number of esters is 1. The molecule has 0 saturated heterocycles. The number of aliphatic hydroxyl groups excluding tert-OH is 2. The van der Waals surface area contributed by atoms with E-state index in [2.05, 4.69) is 19.2 Å². The molecule has 88 heavy (non-hydrogen) atoms. The van der Waals surface area contributed by atoms with E-state index in [-0.39, 0.29) is 18.5 Å². The molecule has 0 radical (unpaired) electrons. The summed E-state index contributed by atoms with van der Waals surface area (Å²) in [7, 11) is 0. The summed E-state index contributed by atoms with van der Waals surface area (Å²) < 4.78 is 5.53. The monoisotopic (exact) mass is 1240 g/mol. The van der Waals surface area contributed by atoms with Crippen molar-refractivity contribution in [1.82, 2.24) is 5.32 Å².